The van der Waals surface area contributed by atoms with Gasteiger partial charge in [-0.25, -0.2) is 8.42 Å². The Morgan fingerprint density at radius 1 is 1.19 bits per heavy atom. The normalized spacial score (nSPS) is 16.5. The molecule has 0 aromatic heterocycles. The molecule has 0 aliphatic carbocycles. The first-order valence-electron chi connectivity index (χ1n) is 10.3. The lowest BCUT2D eigenvalue weighted by atomic mass is 10.1. The molecule has 0 bridgehead atoms. The SMILES string of the molecule is CCN(CC)S(=O)(=O)c1ccc(OC)c(NC(=O)C2CC(=O)N(c3ccc(Cl)cc3)C2)c1. The molecule has 0 radical (unpaired) electrons. The van der Waals surface area contributed by atoms with Crippen molar-refractivity contribution in [2.75, 3.05) is 37.0 Å². The third-order valence-corrected chi connectivity index (χ3v) is 7.70. The van der Waals surface area contributed by atoms with E-state index in [0.29, 0.717) is 29.5 Å². The van der Waals surface area contributed by atoms with E-state index in [1.54, 1.807) is 43.0 Å². The summed E-state index contributed by atoms with van der Waals surface area (Å²) in [7, 11) is -2.27. The highest BCUT2D eigenvalue weighted by molar-refractivity contribution is 7.89. The van der Waals surface area contributed by atoms with E-state index in [9.17, 15) is 18.0 Å². The number of carbonyl (C=O) groups excluding carboxylic acids is 2. The van der Waals surface area contributed by atoms with E-state index in [0.717, 1.165) is 0 Å². The van der Waals surface area contributed by atoms with Gasteiger partial charge in [0.2, 0.25) is 21.8 Å². The number of hydrogen-bond donors (Lipinski definition) is 1. The number of nitrogens with one attached hydrogen (secondary N) is 1. The highest BCUT2D eigenvalue weighted by Gasteiger charge is 2.35. The van der Waals surface area contributed by atoms with Crippen LogP contribution in [-0.2, 0) is 19.6 Å². The van der Waals surface area contributed by atoms with Gasteiger partial charge in [0.25, 0.3) is 0 Å². The summed E-state index contributed by atoms with van der Waals surface area (Å²) >= 11 is 5.91. The molecular formula is C22H26ClN3O5S. The number of sulfonamides is 1. The lowest BCUT2D eigenvalue weighted by molar-refractivity contribution is -0.122. The zero-order valence-corrected chi connectivity index (χ0v) is 19.7. The number of amides is 2. The second-order valence-electron chi connectivity index (χ2n) is 7.32. The molecule has 2 amide bonds. The number of carbonyl (C=O) groups is 2. The first kappa shape index (κ1) is 24.0. The number of hydrogen-bond acceptors (Lipinski definition) is 5. The molecule has 1 atom stereocenters. The summed E-state index contributed by atoms with van der Waals surface area (Å²) in [5.41, 5.74) is 0.905. The van der Waals surface area contributed by atoms with Crippen molar-refractivity contribution >= 4 is 44.8 Å². The lowest BCUT2D eigenvalue weighted by Crippen LogP contribution is -2.31. The van der Waals surface area contributed by atoms with Gasteiger partial charge in [0, 0.05) is 36.8 Å². The number of halogens is 1. The summed E-state index contributed by atoms with van der Waals surface area (Å²) in [5.74, 6) is -0.815. The number of anilines is 2. The van der Waals surface area contributed by atoms with Crippen molar-refractivity contribution in [2.45, 2.75) is 25.2 Å². The van der Waals surface area contributed by atoms with Gasteiger partial charge in [-0.05, 0) is 42.5 Å². The molecule has 3 rings (SSSR count). The van der Waals surface area contributed by atoms with Crippen molar-refractivity contribution in [1.82, 2.24) is 4.31 Å². The fourth-order valence-electron chi connectivity index (χ4n) is 3.65. The average Bonchev–Trinajstić information content (AvgIpc) is 3.16. The monoisotopic (exact) mass is 479 g/mol. The summed E-state index contributed by atoms with van der Waals surface area (Å²) < 4.78 is 32.4. The first-order chi connectivity index (χ1) is 15.2. The molecule has 0 saturated carbocycles. The van der Waals surface area contributed by atoms with Crippen LogP contribution in [0.3, 0.4) is 0 Å². The predicted molar refractivity (Wildman–Crippen MR) is 124 cm³/mol. The van der Waals surface area contributed by atoms with Crippen LogP contribution >= 0.6 is 11.6 Å². The van der Waals surface area contributed by atoms with Crippen molar-refractivity contribution in [3.05, 3.63) is 47.5 Å². The van der Waals surface area contributed by atoms with Crippen molar-refractivity contribution < 1.29 is 22.7 Å². The van der Waals surface area contributed by atoms with Crippen LogP contribution in [0.4, 0.5) is 11.4 Å². The molecule has 2 aromatic rings. The Hall–Kier alpha value is -2.62. The van der Waals surface area contributed by atoms with Gasteiger partial charge >= 0.3 is 0 Å². The van der Waals surface area contributed by atoms with Crippen LogP contribution in [0.5, 0.6) is 5.75 Å². The molecule has 32 heavy (non-hydrogen) atoms. The molecule has 10 heteroatoms. The second-order valence-corrected chi connectivity index (χ2v) is 9.70. The van der Waals surface area contributed by atoms with Gasteiger partial charge in [-0.2, -0.15) is 4.31 Å². The van der Waals surface area contributed by atoms with Gasteiger partial charge in [0.1, 0.15) is 5.75 Å². The molecule has 8 nitrogen and oxygen atoms in total. The number of rotatable bonds is 8. The Morgan fingerprint density at radius 2 is 1.84 bits per heavy atom. The van der Waals surface area contributed by atoms with Crippen LogP contribution < -0.4 is 15.0 Å². The maximum Gasteiger partial charge on any atom is 0.243 e. The van der Waals surface area contributed by atoms with E-state index < -0.39 is 15.9 Å². The van der Waals surface area contributed by atoms with E-state index in [4.69, 9.17) is 16.3 Å². The molecule has 2 aromatic carbocycles. The Morgan fingerprint density at radius 3 is 2.44 bits per heavy atom. The molecular weight excluding hydrogens is 454 g/mol. The summed E-state index contributed by atoms with van der Waals surface area (Å²) in [5, 5.41) is 3.30. The zero-order valence-electron chi connectivity index (χ0n) is 18.2. The smallest absolute Gasteiger partial charge is 0.243 e. The second kappa shape index (κ2) is 9.89. The van der Waals surface area contributed by atoms with Crippen LogP contribution in [0.2, 0.25) is 5.02 Å². The van der Waals surface area contributed by atoms with E-state index in [1.165, 1.54) is 29.6 Å². The van der Waals surface area contributed by atoms with Crippen LogP contribution in [-0.4, -0.2) is 51.3 Å². The number of ether oxygens (including phenoxy) is 1. The molecule has 1 aliphatic rings. The van der Waals surface area contributed by atoms with Crippen molar-refractivity contribution in [3.8, 4) is 5.75 Å². The van der Waals surface area contributed by atoms with Crippen LogP contribution in [0, 0.1) is 5.92 Å². The minimum Gasteiger partial charge on any atom is -0.495 e. The molecule has 1 saturated heterocycles. The van der Waals surface area contributed by atoms with Crippen LogP contribution in [0.1, 0.15) is 20.3 Å². The highest BCUT2D eigenvalue weighted by atomic mass is 35.5. The molecule has 172 valence electrons. The van der Waals surface area contributed by atoms with Gasteiger partial charge in [0.05, 0.1) is 23.6 Å². The summed E-state index contributed by atoms with van der Waals surface area (Å²) in [6.07, 6.45) is 0.0498. The lowest BCUT2D eigenvalue weighted by Gasteiger charge is -2.20. The highest BCUT2D eigenvalue weighted by Crippen LogP contribution is 2.31. The standard InChI is InChI=1S/C22H26ClN3O5S/c1-4-25(5-2)32(29,30)18-10-11-20(31-3)19(13-18)24-22(28)15-12-21(27)26(14-15)17-8-6-16(23)7-9-17/h6-11,13,15H,4-5,12,14H2,1-3H3,(H,24,28). The summed E-state index contributed by atoms with van der Waals surface area (Å²) in [4.78, 5) is 27.0. The van der Waals surface area contributed by atoms with Gasteiger partial charge in [-0.1, -0.05) is 25.4 Å². The molecule has 1 aliphatic heterocycles. The zero-order chi connectivity index (χ0) is 23.5. The van der Waals surface area contributed by atoms with Gasteiger partial charge in [0.15, 0.2) is 0 Å². The summed E-state index contributed by atoms with van der Waals surface area (Å²) in [6, 6.07) is 11.2. The van der Waals surface area contributed by atoms with E-state index in [2.05, 4.69) is 5.32 Å². The molecule has 1 fully saturated rings. The number of benzene rings is 2. The number of methoxy groups -OCH3 is 1. The average molecular weight is 480 g/mol. The molecule has 0 spiro atoms. The first-order valence-corrected chi connectivity index (χ1v) is 12.1. The van der Waals surface area contributed by atoms with Crippen LogP contribution in [0.15, 0.2) is 47.4 Å². The van der Waals surface area contributed by atoms with Crippen LogP contribution in [0.25, 0.3) is 0 Å². The Bertz CT molecular complexity index is 1100. The fraction of sp³-hybridized carbons (Fsp3) is 0.364. The van der Waals surface area contributed by atoms with Gasteiger partial charge in [-0.15, -0.1) is 0 Å². The minimum absolute atomic E-state index is 0.0498. The van der Waals surface area contributed by atoms with E-state index in [1.807, 2.05) is 0 Å². The summed E-state index contributed by atoms with van der Waals surface area (Å²) in [6.45, 7) is 4.40. The Balaban J connectivity index is 1.81. The van der Waals surface area contributed by atoms with Crippen molar-refractivity contribution in [1.29, 1.82) is 0 Å². The molecule has 1 heterocycles. The van der Waals surface area contributed by atoms with Gasteiger partial charge in [-0.3, -0.25) is 9.59 Å². The predicted octanol–water partition coefficient (Wildman–Crippen LogP) is 3.37. The molecule has 1 N–H and O–H groups in total. The minimum atomic E-state index is -3.71. The maximum atomic E-state index is 12.9. The molecule has 1 unspecified atom stereocenters. The quantitative estimate of drug-likeness (QED) is 0.626. The Kier molecular flexibility index (Phi) is 7.43. The maximum absolute atomic E-state index is 12.9. The fourth-order valence-corrected chi connectivity index (χ4v) is 5.26. The van der Waals surface area contributed by atoms with Crippen molar-refractivity contribution in [3.63, 3.8) is 0 Å². The third kappa shape index (κ3) is 4.90. The number of nitrogens with zero attached hydrogens (tertiary/aromatic N) is 2. The van der Waals surface area contributed by atoms with Crippen molar-refractivity contribution in [2.24, 2.45) is 5.92 Å². The van der Waals surface area contributed by atoms with E-state index >= 15 is 0 Å². The third-order valence-electron chi connectivity index (χ3n) is 5.41. The van der Waals surface area contributed by atoms with Gasteiger partial charge < -0.3 is 15.0 Å². The topological polar surface area (TPSA) is 96.0 Å². The largest absolute Gasteiger partial charge is 0.495 e. The Labute approximate surface area is 193 Å². The van der Waals surface area contributed by atoms with E-state index in [-0.39, 0.29) is 35.4 Å².